The van der Waals surface area contributed by atoms with Crippen LogP contribution in [-0.4, -0.2) is 13.3 Å². The average Bonchev–Trinajstić information content (AvgIpc) is 1.73. The maximum atomic E-state index is 9.41. The van der Waals surface area contributed by atoms with E-state index in [1.54, 1.807) is 6.92 Å². The van der Waals surface area contributed by atoms with E-state index in [0.29, 0.717) is 5.57 Å². The fourth-order valence-corrected chi connectivity index (χ4v) is 0. The summed E-state index contributed by atoms with van der Waals surface area (Å²) in [6.07, 6.45) is 0.722. The van der Waals surface area contributed by atoms with Crippen molar-refractivity contribution in [2.75, 3.05) is 7.05 Å². The summed E-state index contributed by atoms with van der Waals surface area (Å²) in [7, 11) is 1.50. The Hall–Kier alpha value is -0.630. The van der Waals surface area contributed by atoms with Crippen molar-refractivity contribution in [3.63, 3.8) is 0 Å². The first kappa shape index (κ1) is 9.62. The molecule has 0 amide bonds. The van der Waals surface area contributed by atoms with Gasteiger partial charge in [0.15, 0.2) is 0 Å². The molecule has 2 N–H and O–H groups in total. The molecule has 2 nitrogen and oxygen atoms in total. The van der Waals surface area contributed by atoms with Crippen molar-refractivity contribution >= 4 is 6.29 Å². The second-order valence-corrected chi connectivity index (χ2v) is 0.964. The molecule has 42 valence electrons. The highest BCUT2D eigenvalue weighted by Crippen LogP contribution is 1.70. The van der Waals surface area contributed by atoms with Gasteiger partial charge in [-0.1, -0.05) is 6.58 Å². The molecular formula is C5H11NO. The summed E-state index contributed by atoms with van der Waals surface area (Å²) in [6, 6.07) is 0. The van der Waals surface area contributed by atoms with Gasteiger partial charge in [-0.15, -0.1) is 0 Å². The fraction of sp³-hybridized carbons (Fsp3) is 0.400. The smallest absolute Gasteiger partial charge is 0.145 e. The van der Waals surface area contributed by atoms with Gasteiger partial charge in [0.2, 0.25) is 0 Å². The van der Waals surface area contributed by atoms with Crippen LogP contribution in [0.4, 0.5) is 0 Å². The van der Waals surface area contributed by atoms with Gasteiger partial charge in [0, 0.05) is 0 Å². The average molecular weight is 101 g/mol. The first-order valence-electron chi connectivity index (χ1n) is 1.96. The Balaban J connectivity index is 0. The van der Waals surface area contributed by atoms with Crippen LogP contribution in [0.2, 0.25) is 0 Å². The number of allylic oxidation sites excluding steroid dienone is 1. The van der Waals surface area contributed by atoms with Gasteiger partial charge in [0.25, 0.3) is 0 Å². The zero-order chi connectivity index (χ0) is 6.28. The Morgan fingerprint density at radius 1 is 1.71 bits per heavy atom. The van der Waals surface area contributed by atoms with E-state index in [0.717, 1.165) is 6.29 Å². The van der Waals surface area contributed by atoms with Gasteiger partial charge in [-0.2, -0.15) is 0 Å². The summed E-state index contributed by atoms with van der Waals surface area (Å²) >= 11 is 0. The first-order chi connectivity index (χ1) is 3.27. The van der Waals surface area contributed by atoms with Crippen molar-refractivity contribution in [3.05, 3.63) is 12.2 Å². The number of hydrogen-bond donors (Lipinski definition) is 1. The normalized spacial score (nSPS) is 5.57. The lowest BCUT2D eigenvalue weighted by atomic mass is 10.4. The van der Waals surface area contributed by atoms with Crippen molar-refractivity contribution in [3.8, 4) is 0 Å². The SMILES string of the molecule is C=C(C)C=O.CN. The van der Waals surface area contributed by atoms with E-state index in [1.165, 1.54) is 7.05 Å². The van der Waals surface area contributed by atoms with Gasteiger partial charge >= 0.3 is 0 Å². The first-order valence-corrected chi connectivity index (χ1v) is 1.96. The van der Waals surface area contributed by atoms with Crippen LogP contribution in [0.15, 0.2) is 12.2 Å². The van der Waals surface area contributed by atoms with E-state index < -0.39 is 0 Å². The molecular weight excluding hydrogens is 90.1 g/mol. The highest BCUT2D eigenvalue weighted by Gasteiger charge is 1.66. The minimum absolute atomic E-state index is 0.574. The molecule has 0 aromatic rings. The predicted octanol–water partition coefficient (Wildman–Crippen LogP) is 0.336. The molecule has 0 fully saturated rings. The molecule has 7 heavy (non-hydrogen) atoms. The number of rotatable bonds is 1. The van der Waals surface area contributed by atoms with Gasteiger partial charge in [0.1, 0.15) is 6.29 Å². The molecule has 0 radical (unpaired) electrons. The van der Waals surface area contributed by atoms with Gasteiger partial charge in [-0.25, -0.2) is 0 Å². The molecule has 0 aliphatic carbocycles. The molecule has 0 heterocycles. The van der Waals surface area contributed by atoms with Gasteiger partial charge < -0.3 is 5.73 Å². The van der Waals surface area contributed by atoms with Crippen LogP contribution < -0.4 is 5.73 Å². The van der Waals surface area contributed by atoms with Crippen LogP contribution >= 0.6 is 0 Å². The number of carbonyl (C=O) groups excluding carboxylic acids is 1. The maximum Gasteiger partial charge on any atom is 0.145 e. The van der Waals surface area contributed by atoms with Crippen LogP contribution in [0, 0.1) is 0 Å². The summed E-state index contributed by atoms with van der Waals surface area (Å²) in [5.74, 6) is 0. The molecule has 0 aromatic carbocycles. The third-order valence-electron chi connectivity index (χ3n) is 0.201. The van der Waals surface area contributed by atoms with Crippen LogP contribution in [0.3, 0.4) is 0 Å². The Bertz CT molecular complexity index is 59.1. The molecule has 0 saturated heterocycles. The van der Waals surface area contributed by atoms with Gasteiger partial charge in [0.05, 0.1) is 0 Å². The topological polar surface area (TPSA) is 43.1 Å². The van der Waals surface area contributed by atoms with Crippen LogP contribution in [-0.2, 0) is 4.79 Å². The molecule has 0 atom stereocenters. The van der Waals surface area contributed by atoms with Gasteiger partial charge in [-0.3, -0.25) is 4.79 Å². The highest BCUT2D eigenvalue weighted by molar-refractivity contribution is 5.70. The van der Waals surface area contributed by atoms with E-state index in [9.17, 15) is 4.79 Å². The zero-order valence-corrected chi connectivity index (χ0v) is 4.77. The Morgan fingerprint density at radius 2 is 1.86 bits per heavy atom. The molecule has 0 aliphatic rings. The van der Waals surface area contributed by atoms with Crippen molar-refractivity contribution in [2.24, 2.45) is 5.73 Å². The monoisotopic (exact) mass is 101 g/mol. The van der Waals surface area contributed by atoms with E-state index in [2.05, 4.69) is 12.3 Å². The number of carbonyl (C=O) groups is 1. The largest absolute Gasteiger partial charge is 0.333 e. The van der Waals surface area contributed by atoms with E-state index >= 15 is 0 Å². The number of nitrogens with two attached hydrogens (primary N) is 1. The molecule has 2 heteroatoms. The molecule has 0 spiro atoms. The van der Waals surface area contributed by atoms with Crippen LogP contribution in [0.5, 0.6) is 0 Å². The van der Waals surface area contributed by atoms with Crippen LogP contribution in [0.25, 0.3) is 0 Å². The lowest BCUT2D eigenvalue weighted by Gasteiger charge is -1.65. The molecule has 0 saturated carbocycles. The van der Waals surface area contributed by atoms with Crippen LogP contribution in [0.1, 0.15) is 6.92 Å². The molecule has 0 aromatic heterocycles. The number of hydrogen-bond acceptors (Lipinski definition) is 2. The van der Waals surface area contributed by atoms with Crippen molar-refractivity contribution in [2.45, 2.75) is 6.92 Å². The zero-order valence-electron chi connectivity index (χ0n) is 4.77. The predicted molar refractivity (Wildman–Crippen MR) is 31.0 cm³/mol. The second-order valence-electron chi connectivity index (χ2n) is 0.964. The molecule has 0 rings (SSSR count). The van der Waals surface area contributed by atoms with E-state index in [4.69, 9.17) is 0 Å². The number of aldehydes is 1. The third-order valence-corrected chi connectivity index (χ3v) is 0.201. The molecule has 0 unspecified atom stereocenters. The molecule has 0 aliphatic heterocycles. The Labute approximate surface area is 44.0 Å². The summed E-state index contributed by atoms with van der Waals surface area (Å²) in [6.45, 7) is 4.97. The lowest BCUT2D eigenvalue weighted by molar-refractivity contribution is -0.104. The van der Waals surface area contributed by atoms with Crippen molar-refractivity contribution in [1.29, 1.82) is 0 Å². The minimum Gasteiger partial charge on any atom is -0.333 e. The Morgan fingerprint density at radius 3 is 1.86 bits per heavy atom. The summed E-state index contributed by atoms with van der Waals surface area (Å²) in [5, 5.41) is 0. The van der Waals surface area contributed by atoms with E-state index in [-0.39, 0.29) is 0 Å². The minimum atomic E-state index is 0.574. The summed E-state index contributed by atoms with van der Waals surface area (Å²) in [4.78, 5) is 9.41. The quantitative estimate of drug-likeness (QED) is 0.382. The second kappa shape index (κ2) is 9.03. The lowest BCUT2D eigenvalue weighted by Crippen LogP contribution is -1.69. The third kappa shape index (κ3) is 32.5. The summed E-state index contributed by atoms with van der Waals surface area (Å²) < 4.78 is 0. The van der Waals surface area contributed by atoms with Gasteiger partial charge in [-0.05, 0) is 19.5 Å². The fourth-order valence-electron chi connectivity index (χ4n) is 0. The van der Waals surface area contributed by atoms with Crippen molar-refractivity contribution in [1.82, 2.24) is 0 Å². The van der Waals surface area contributed by atoms with Crippen molar-refractivity contribution < 1.29 is 4.79 Å². The molecule has 0 bridgehead atoms. The maximum absolute atomic E-state index is 9.41. The highest BCUT2D eigenvalue weighted by atomic mass is 16.1. The Kier molecular flexibility index (Phi) is 12.4. The van der Waals surface area contributed by atoms with E-state index in [1.807, 2.05) is 0 Å². The summed E-state index contributed by atoms with van der Waals surface area (Å²) in [5.41, 5.74) is 5.07. The standard InChI is InChI=1S/C4H6O.CH5N/c1-4(2)3-5;1-2/h3H,1H2,2H3;2H2,1H3.